The van der Waals surface area contributed by atoms with Crippen LogP contribution >= 0.6 is 0 Å². The monoisotopic (exact) mass is 364 g/mol. The summed E-state index contributed by atoms with van der Waals surface area (Å²) in [5, 5.41) is 10.1. The maximum atomic E-state index is 13.4. The second kappa shape index (κ2) is 6.39. The van der Waals surface area contributed by atoms with Gasteiger partial charge < -0.3 is 14.7 Å². The molecule has 2 aliphatic carbocycles. The summed E-state index contributed by atoms with van der Waals surface area (Å²) in [5.74, 6) is 2.17. The van der Waals surface area contributed by atoms with Crippen LogP contribution in [0.25, 0.3) is 0 Å². The summed E-state index contributed by atoms with van der Waals surface area (Å²) in [6.07, 6.45) is 5.23. The van der Waals surface area contributed by atoms with E-state index in [9.17, 15) is 14.7 Å². The number of carbonyl (C=O) groups is 2. The summed E-state index contributed by atoms with van der Waals surface area (Å²) in [6, 6.07) is -0.271. The molecule has 6 nitrogen and oxygen atoms in total. The number of ether oxygens (including phenoxy) is 1. The quantitative estimate of drug-likeness (QED) is 0.776. The number of hydrogen-bond acceptors (Lipinski definition) is 4. The van der Waals surface area contributed by atoms with Gasteiger partial charge in [0.05, 0.1) is 12.6 Å². The molecule has 5 fully saturated rings. The Morgan fingerprint density at radius 1 is 0.885 bits per heavy atom. The third kappa shape index (κ3) is 3.45. The van der Waals surface area contributed by atoms with Gasteiger partial charge in [-0.05, 0) is 70.6 Å². The zero-order chi connectivity index (χ0) is 18.6. The number of nitrogens with zero attached hydrogens (tertiary/aromatic N) is 2. The standard InChI is InChI=1S/C20H32N2O4/c1-20(2,3)26-19(25)22-11-16(23)9-17(22)18(24)21-10-14-5-12-4-13(6-14)8-15(21)7-12/h12-17,23H,4-11H2,1-3H3. The molecule has 3 saturated heterocycles. The molecule has 3 heterocycles. The Balaban J connectivity index is 1.51. The fourth-order valence-electron chi connectivity index (χ4n) is 5.82. The molecule has 26 heavy (non-hydrogen) atoms. The number of aliphatic hydroxyl groups is 1. The first-order chi connectivity index (χ1) is 12.2. The molecule has 0 spiro atoms. The lowest BCUT2D eigenvalue weighted by Crippen LogP contribution is -2.52. The third-order valence-electron chi connectivity index (χ3n) is 6.58. The van der Waals surface area contributed by atoms with E-state index in [1.54, 1.807) is 0 Å². The van der Waals surface area contributed by atoms with Crippen LogP contribution in [0.15, 0.2) is 0 Å². The first-order valence-corrected chi connectivity index (χ1v) is 10.2. The molecule has 0 aromatic heterocycles. The van der Waals surface area contributed by atoms with E-state index in [1.165, 1.54) is 24.2 Å². The van der Waals surface area contributed by atoms with E-state index >= 15 is 0 Å². The normalized spacial score (nSPS) is 39.2. The van der Waals surface area contributed by atoms with Crippen molar-refractivity contribution in [2.45, 2.75) is 83.1 Å². The van der Waals surface area contributed by atoms with Gasteiger partial charge >= 0.3 is 6.09 Å². The summed E-state index contributed by atoms with van der Waals surface area (Å²) in [4.78, 5) is 29.5. The predicted molar refractivity (Wildman–Crippen MR) is 96.4 cm³/mol. The Labute approximate surface area is 155 Å². The van der Waals surface area contributed by atoms with E-state index in [0.29, 0.717) is 18.4 Å². The molecule has 0 radical (unpaired) electrons. The summed E-state index contributed by atoms with van der Waals surface area (Å²) in [7, 11) is 0. The fraction of sp³-hybridized carbons (Fsp3) is 0.900. The molecule has 5 rings (SSSR count). The van der Waals surface area contributed by atoms with Crippen LogP contribution in [0.5, 0.6) is 0 Å². The van der Waals surface area contributed by atoms with Crippen LogP contribution in [0, 0.1) is 17.8 Å². The van der Waals surface area contributed by atoms with Crippen molar-refractivity contribution in [2.24, 2.45) is 17.8 Å². The minimum atomic E-state index is -0.656. The number of hydrogen-bond donors (Lipinski definition) is 1. The van der Waals surface area contributed by atoms with Gasteiger partial charge in [-0.3, -0.25) is 9.69 Å². The number of rotatable bonds is 1. The second-order valence-electron chi connectivity index (χ2n) is 9.96. The highest BCUT2D eigenvalue weighted by atomic mass is 16.6. The van der Waals surface area contributed by atoms with E-state index in [1.807, 2.05) is 20.8 Å². The molecule has 4 bridgehead atoms. The molecule has 4 atom stereocenters. The van der Waals surface area contributed by atoms with Crippen molar-refractivity contribution < 1.29 is 19.4 Å². The molecule has 1 N–H and O–H groups in total. The maximum absolute atomic E-state index is 13.4. The number of carbonyl (C=O) groups excluding carboxylic acids is 2. The van der Waals surface area contributed by atoms with Crippen molar-refractivity contribution in [3.63, 3.8) is 0 Å². The van der Waals surface area contributed by atoms with E-state index in [0.717, 1.165) is 31.2 Å². The predicted octanol–water partition coefficient (Wildman–Crippen LogP) is 2.39. The topological polar surface area (TPSA) is 70.1 Å². The van der Waals surface area contributed by atoms with Crippen LogP contribution in [0.1, 0.15) is 59.3 Å². The van der Waals surface area contributed by atoms with Crippen LogP contribution in [0.4, 0.5) is 4.79 Å². The van der Waals surface area contributed by atoms with Crippen molar-refractivity contribution in [2.75, 3.05) is 13.1 Å². The zero-order valence-corrected chi connectivity index (χ0v) is 16.2. The summed E-state index contributed by atoms with van der Waals surface area (Å²) < 4.78 is 5.48. The molecule has 146 valence electrons. The van der Waals surface area contributed by atoms with Crippen molar-refractivity contribution in [3.8, 4) is 0 Å². The highest BCUT2D eigenvalue weighted by molar-refractivity contribution is 5.87. The maximum Gasteiger partial charge on any atom is 0.411 e. The SMILES string of the molecule is CC(C)(C)OC(=O)N1CC(O)CC1C(=O)N1CC2CC3CC(C2)CC1C3. The van der Waals surface area contributed by atoms with Gasteiger partial charge in [-0.15, -0.1) is 0 Å². The number of aliphatic hydroxyl groups excluding tert-OH is 1. The zero-order valence-electron chi connectivity index (χ0n) is 16.2. The van der Waals surface area contributed by atoms with Gasteiger partial charge in [0.25, 0.3) is 0 Å². The largest absolute Gasteiger partial charge is 0.444 e. The van der Waals surface area contributed by atoms with Crippen LogP contribution in [-0.2, 0) is 9.53 Å². The number of fused-ring (bicyclic) bond motifs is 1. The third-order valence-corrected chi connectivity index (χ3v) is 6.58. The second-order valence-corrected chi connectivity index (χ2v) is 9.96. The Hall–Kier alpha value is -1.30. The first-order valence-electron chi connectivity index (χ1n) is 10.2. The molecule has 2 saturated carbocycles. The van der Waals surface area contributed by atoms with Crippen molar-refractivity contribution in [1.82, 2.24) is 9.80 Å². The van der Waals surface area contributed by atoms with E-state index in [4.69, 9.17) is 4.74 Å². The van der Waals surface area contributed by atoms with Crippen LogP contribution in [0.2, 0.25) is 0 Å². The smallest absolute Gasteiger partial charge is 0.411 e. The highest BCUT2D eigenvalue weighted by Crippen LogP contribution is 2.47. The molecule has 5 aliphatic rings. The molecule has 6 heteroatoms. The lowest BCUT2D eigenvalue weighted by Gasteiger charge is -2.39. The minimum Gasteiger partial charge on any atom is -0.444 e. The van der Waals surface area contributed by atoms with Gasteiger partial charge in [0.1, 0.15) is 11.6 Å². The van der Waals surface area contributed by atoms with Crippen LogP contribution < -0.4 is 0 Å². The Kier molecular flexibility index (Phi) is 4.45. The average molecular weight is 364 g/mol. The van der Waals surface area contributed by atoms with E-state index in [2.05, 4.69) is 4.90 Å². The lowest BCUT2D eigenvalue weighted by molar-refractivity contribution is -0.139. The first kappa shape index (κ1) is 18.1. The van der Waals surface area contributed by atoms with Crippen LogP contribution in [0.3, 0.4) is 0 Å². The van der Waals surface area contributed by atoms with Crippen LogP contribution in [-0.4, -0.2) is 63.8 Å². The van der Waals surface area contributed by atoms with E-state index in [-0.39, 0.29) is 12.5 Å². The Bertz CT molecular complexity index is 573. The molecular weight excluding hydrogens is 332 g/mol. The van der Waals surface area contributed by atoms with Gasteiger partial charge in [0.15, 0.2) is 0 Å². The number of likely N-dealkylation sites (tertiary alicyclic amines) is 1. The van der Waals surface area contributed by atoms with E-state index < -0.39 is 23.8 Å². The summed E-state index contributed by atoms with van der Waals surface area (Å²) in [5.41, 5.74) is -0.612. The molecule has 0 aromatic rings. The number of amides is 2. The average Bonchev–Trinajstić information content (AvgIpc) is 2.80. The summed E-state index contributed by atoms with van der Waals surface area (Å²) >= 11 is 0. The van der Waals surface area contributed by atoms with Gasteiger partial charge in [-0.25, -0.2) is 4.79 Å². The van der Waals surface area contributed by atoms with Gasteiger partial charge in [-0.1, -0.05) is 0 Å². The van der Waals surface area contributed by atoms with Gasteiger partial charge in [0.2, 0.25) is 5.91 Å². The molecule has 4 unspecified atom stereocenters. The minimum absolute atomic E-state index is 0.0191. The molecular formula is C20H32N2O4. The highest BCUT2D eigenvalue weighted by Gasteiger charge is 2.48. The van der Waals surface area contributed by atoms with Gasteiger partial charge in [0, 0.05) is 19.0 Å². The molecule has 0 aromatic carbocycles. The van der Waals surface area contributed by atoms with Crippen molar-refractivity contribution in [1.29, 1.82) is 0 Å². The Morgan fingerprint density at radius 2 is 1.50 bits per heavy atom. The fourth-order valence-corrected chi connectivity index (χ4v) is 5.82. The number of β-amino-alcohol motifs (C(OH)–C–C–N with tert-alkyl or cyclic N) is 1. The van der Waals surface area contributed by atoms with Crippen molar-refractivity contribution >= 4 is 12.0 Å². The van der Waals surface area contributed by atoms with Crippen molar-refractivity contribution in [3.05, 3.63) is 0 Å². The molecule has 3 aliphatic heterocycles. The Morgan fingerprint density at radius 3 is 2.12 bits per heavy atom. The molecule has 2 amide bonds. The lowest BCUT2D eigenvalue weighted by atomic mass is 9.68. The summed E-state index contributed by atoms with van der Waals surface area (Å²) in [6.45, 7) is 6.46. The van der Waals surface area contributed by atoms with Gasteiger partial charge in [-0.2, -0.15) is 0 Å².